The van der Waals surface area contributed by atoms with Gasteiger partial charge in [-0.25, -0.2) is 0 Å². The molecule has 1 aromatic carbocycles. The van der Waals surface area contributed by atoms with Crippen LogP contribution in [-0.4, -0.2) is 26.6 Å². The van der Waals surface area contributed by atoms with Crippen LogP contribution in [0.5, 0.6) is 11.5 Å². The van der Waals surface area contributed by atoms with Gasteiger partial charge in [0, 0.05) is 18.5 Å². The maximum absolute atomic E-state index is 5.62. The Balaban J connectivity index is 2.99. The number of nitrogens with one attached hydrogen (secondary N) is 1. The number of alkyl halides is 1. The van der Waals surface area contributed by atoms with Gasteiger partial charge in [0.25, 0.3) is 0 Å². The minimum Gasteiger partial charge on any atom is -0.496 e. The molecule has 1 rings (SSSR count). The summed E-state index contributed by atoms with van der Waals surface area (Å²) < 4.78 is 10.5. The quantitative estimate of drug-likeness (QED) is 0.788. The van der Waals surface area contributed by atoms with E-state index >= 15 is 0 Å². The van der Waals surface area contributed by atoms with E-state index in [1.807, 2.05) is 19.1 Å². The van der Waals surface area contributed by atoms with Crippen molar-refractivity contribution in [3.63, 3.8) is 0 Å². The standard InChI is InChI=1S/C11H16ClNO2/c1-8-6-11(15-3)9(13-5-4-12)7-10(8)14-2/h6-7,13H,4-5H2,1-3H3. The summed E-state index contributed by atoms with van der Waals surface area (Å²) >= 11 is 5.62. The number of rotatable bonds is 5. The molecule has 0 aliphatic heterocycles. The van der Waals surface area contributed by atoms with E-state index in [1.165, 1.54) is 0 Å². The molecule has 0 amide bonds. The smallest absolute Gasteiger partial charge is 0.142 e. The second kappa shape index (κ2) is 5.71. The second-order valence-corrected chi connectivity index (χ2v) is 3.52. The zero-order valence-electron chi connectivity index (χ0n) is 9.26. The van der Waals surface area contributed by atoms with Crippen LogP contribution in [0.3, 0.4) is 0 Å². The molecule has 1 N–H and O–H groups in total. The molecule has 0 unspecified atom stereocenters. The Bertz CT molecular complexity index is 329. The van der Waals surface area contributed by atoms with Gasteiger partial charge in [-0.15, -0.1) is 11.6 Å². The van der Waals surface area contributed by atoms with Crippen molar-refractivity contribution in [2.45, 2.75) is 6.92 Å². The summed E-state index contributed by atoms with van der Waals surface area (Å²) in [5.41, 5.74) is 1.95. The van der Waals surface area contributed by atoms with E-state index < -0.39 is 0 Å². The molecule has 0 radical (unpaired) electrons. The number of methoxy groups -OCH3 is 2. The molecule has 0 aromatic heterocycles. The van der Waals surface area contributed by atoms with E-state index in [-0.39, 0.29) is 0 Å². The third-order valence-electron chi connectivity index (χ3n) is 2.13. The van der Waals surface area contributed by atoms with Gasteiger partial charge in [-0.1, -0.05) is 0 Å². The van der Waals surface area contributed by atoms with E-state index in [1.54, 1.807) is 14.2 Å². The fourth-order valence-electron chi connectivity index (χ4n) is 1.37. The molecule has 0 atom stereocenters. The van der Waals surface area contributed by atoms with E-state index in [9.17, 15) is 0 Å². The van der Waals surface area contributed by atoms with Crippen molar-refractivity contribution in [2.75, 3.05) is 32.0 Å². The van der Waals surface area contributed by atoms with Crippen LogP contribution in [0.4, 0.5) is 5.69 Å². The van der Waals surface area contributed by atoms with Gasteiger partial charge in [-0.2, -0.15) is 0 Å². The van der Waals surface area contributed by atoms with Crippen molar-refractivity contribution in [1.82, 2.24) is 0 Å². The second-order valence-electron chi connectivity index (χ2n) is 3.14. The number of ether oxygens (including phenoxy) is 2. The molecular formula is C11H16ClNO2. The van der Waals surface area contributed by atoms with Gasteiger partial charge in [-0.05, 0) is 18.6 Å². The predicted molar refractivity (Wildman–Crippen MR) is 63.5 cm³/mol. The maximum Gasteiger partial charge on any atom is 0.142 e. The van der Waals surface area contributed by atoms with Crippen LogP contribution in [-0.2, 0) is 0 Å². The molecule has 0 heterocycles. The summed E-state index contributed by atoms with van der Waals surface area (Å²) in [6.07, 6.45) is 0. The molecule has 1 aromatic rings. The minimum atomic E-state index is 0.555. The Morgan fingerprint density at radius 2 is 1.87 bits per heavy atom. The van der Waals surface area contributed by atoms with Gasteiger partial charge in [0.05, 0.1) is 19.9 Å². The molecule has 0 aliphatic carbocycles. The van der Waals surface area contributed by atoms with Gasteiger partial charge < -0.3 is 14.8 Å². The molecule has 0 bridgehead atoms. The number of hydrogen-bond donors (Lipinski definition) is 1. The van der Waals surface area contributed by atoms with Crippen molar-refractivity contribution in [3.8, 4) is 11.5 Å². The van der Waals surface area contributed by atoms with Gasteiger partial charge in [0.15, 0.2) is 0 Å². The van der Waals surface area contributed by atoms with Crippen LogP contribution in [0.25, 0.3) is 0 Å². The van der Waals surface area contributed by atoms with Crippen molar-refractivity contribution >= 4 is 17.3 Å². The molecule has 4 heteroatoms. The van der Waals surface area contributed by atoms with Crippen molar-refractivity contribution < 1.29 is 9.47 Å². The van der Waals surface area contributed by atoms with Gasteiger partial charge in [0.1, 0.15) is 11.5 Å². The zero-order valence-corrected chi connectivity index (χ0v) is 10.0. The van der Waals surface area contributed by atoms with E-state index in [0.29, 0.717) is 12.4 Å². The fourth-order valence-corrected chi connectivity index (χ4v) is 1.46. The normalized spacial score (nSPS) is 9.87. The first-order valence-electron chi connectivity index (χ1n) is 4.75. The first kappa shape index (κ1) is 12.0. The zero-order chi connectivity index (χ0) is 11.3. The Labute approximate surface area is 95.3 Å². The molecule has 3 nitrogen and oxygen atoms in total. The molecule has 0 spiro atoms. The minimum absolute atomic E-state index is 0.555. The Morgan fingerprint density at radius 1 is 1.20 bits per heavy atom. The fraction of sp³-hybridized carbons (Fsp3) is 0.455. The molecule has 84 valence electrons. The average Bonchev–Trinajstić information content (AvgIpc) is 2.26. The monoisotopic (exact) mass is 229 g/mol. The lowest BCUT2D eigenvalue weighted by Gasteiger charge is -2.13. The number of benzene rings is 1. The van der Waals surface area contributed by atoms with Crippen LogP contribution < -0.4 is 14.8 Å². The highest BCUT2D eigenvalue weighted by molar-refractivity contribution is 6.18. The summed E-state index contributed by atoms with van der Waals surface area (Å²) in [5, 5.41) is 3.18. The number of aryl methyl sites for hydroxylation is 1. The summed E-state index contributed by atoms with van der Waals surface area (Å²) in [6, 6.07) is 3.86. The molecule has 0 saturated carbocycles. The Morgan fingerprint density at radius 3 is 2.40 bits per heavy atom. The van der Waals surface area contributed by atoms with Gasteiger partial charge >= 0.3 is 0 Å². The van der Waals surface area contributed by atoms with Crippen LogP contribution in [0, 0.1) is 6.92 Å². The number of anilines is 1. The summed E-state index contributed by atoms with van der Waals surface area (Å²) in [7, 11) is 3.30. The largest absolute Gasteiger partial charge is 0.496 e. The molecule has 15 heavy (non-hydrogen) atoms. The van der Waals surface area contributed by atoms with Crippen LogP contribution in [0.15, 0.2) is 12.1 Å². The maximum atomic E-state index is 5.62. The Kier molecular flexibility index (Phi) is 4.56. The highest BCUT2D eigenvalue weighted by atomic mass is 35.5. The summed E-state index contributed by atoms with van der Waals surface area (Å²) in [5.74, 6) is 2.20. The van der Waals surface area contributed by atoms with Crippen molar-refractivity contribution in [2.24, 2.45) is 0 Å². The predicted octanol–water partition coefficient (Wildman–Crippen LogP) is 2.66. The Hall–Kier alpha value is -1.09. The summed E-state index contributed by atoms with van der Waals surface area (Å²) in [4.78, 5) is 0. The number of halogens is 1. The summed E-state index contributed by atoms with van der Waals surface area (Å²) in [6.45, 7) is 2.68. The lowest BCUT2D eigenvalue weighted by Crippen LogP contribution is -2.04. The third kappa shape index (κ3) is 2.93. The van der Waals surface area contributed by atoms with E-state index in [4.69, 9.17) is 21.1 Å². The van der Waals surface area contributed by atoms with Crippen molar-refractivity contribution in [1.29, 1.82) is 0 Å². The lowest BCUT2D eigenvalue weighted by molar-refractivity contribution is 0.402. The third-order valence-corrected chi connectivity index (χ3v) is 2.32. The molecule has 0 saturated heterocycles. The van der Waals surface area contributed by atoms with Crippen molar-refractivity contribution in [3.05, 3.63) is 17.7 Å². The molecular weight excluding hydrogens is 214 g/mol. The van der Waals surface area contributed by atoms with Crippen LogP contribution in [0.2, 0.25) is 0 Å². The highest BCUT2D eigenvalue weighted by Gasteiger charge is 2.07. The van der Waals surface area contributed by atoms with Gasteiger partial charge in [-0.3, -0.25) is 0 Å². The van der Waals surface area contributed by atoms with E-state index in [0.717, 1.165) is 22.7 Å². The first-order valence-corrected chi connectivity index (χ1v) is 5.28. The topological polar surface area (TPSA) is 30.5 Å². The van der Waals surface area contributed by atoms with E-state index in [2.05, 4.69) is 5.32 Å². The highest BCUT2D eigenvalue weighted by Crippen LogP contribution is 2.32. The SMILES string of the molecule is COc1cc(NCCCl)c(OC)cc1C. The molecule has 0 fully saturated rings. The number of hydrogen-bond acceptors (Lipinski definition) is 3. The van der Waals surface area contributed by atoms with Crippen LogP contribution in [0.1, 0.15) is 5.56 Å². The van der Waals surface area contributed by atoms with Crippen LogP contribution >= 0.6 is 11.6 Å². The average molecular weight is 230 g/mol. The molecule has 0 aliphatic rings. The first-order chi connectivity index (χ1) is 7.22. The lowest BCUT2D eigenvalue weighted by atomic mass is 10.2. The van der Waals surface area contributed by atoms with Gasteiger partial charge in [0.2, 0.25) is 0 Å².